The van der Waals surface area contributed by atoms with Crippen molar-refractivity contribution in [1.29, 1.82) is 0 Å². The van der Waals surface area contributed by atoms with Crippen LogP contribution in [0.5, 0.6) is 0 Å². The number of anilines is 1. The predicted molar refractivity (Wildman–Crippen MR) is 142 cm³/mol. The van der Waals surface area contributed by atoms with Crippen molar-refractivity contribution < 1.29 is 18.0 Å². The lowest BCUT2D eigenvalue weighted by Crippen LogP contribution is -2.49. The minimum Gasteiger partial charge on any atom is -0.355 e. The molecular weight excluding hydrogens is 486 g/mol. The number of benzene rings is 2. The molecule has 0 aliphatic rings. The number of nitrogens with zero attached hydrogens (tertiary/aromatic N) is 2. The van der Waals surface area contributed by atoms with Crippen LogP contribution in [0.1, 0.15) is 49.8 Å². The molecule has 0 aliphatic heterocycles. The van der Waals surface area contributed by atoms with Gasteiger partial charge in [-0.25, -0.2) is 8.42 Å². The molecular formula is C26H36ClN3O4S. The summed E-state index contributed by atoms with van der Waals surface area (Å²) in [6.07, 6.45) is 2.02. The zero-order valence-electron chi connectivity index (χ0n) is 21.2. The molecule has 2 amide bonds. The third-order valence-electron chi connectivity index (χ3n) is 5.93. The summed E-state index contributed by atoms with van der Waals surface area (Å²) in [6.45, 7) is 8.43. The zero-order chi connectivity index (χ0) is 26.2. The largest absolute Gasteiger partial charge is 0.355 e. The summed E-state index contributed by atoms with van der Waals surface area (Å²) in [5, 5.41) is 3.26. The number of carbonyl (C=O) groups excluding carboxylic acids is 2. The molecule has 1 atom stereocenters. The molecule has 1 N–H and O–H groups in total. The molecule has 192 valence electrons. The number of hydrogen-bond donors (Lipinski definition) is 1. The highest BCUT2D eigenvalue weighted by Gasteiger charge is 2.29. The molecule has 0 bridgehead atoms. The van der Waals surface area contributed by atoms with E-state index in [0.717, 1.165) is 22.9 Å². The summed E-state index contributed by atoms with van der Waals surface area (Å²) in [7, 11) is -3.59. The Balaban J connectivity index is 2.25. The quantitative estimate of drug-likeness (QED) is 0.447. The predicted octanol–water partition coefficient (Wildman–Crippen LogP) is 4.45. The Kier molecular flexibility index (Phi) is 10.6. The van der Waals surface area contributed by atoms with E-state index in [9.17, 15) is 18.0 Å². The van der Waals surface area contributed by atoms with E-state index in [1.807, 2.05) is 52.0 Å². The molecule has 0 radical (unpaired) electrons. The molecule has 0 aromatic heterocycles. The van der Waals surface area contributed by atoms with Gasteiger partial charge in [-0.1, -0.05) is 48.9 Å². The van der Waals surface area contributed by atoms with Gasteiger partial charge in [-0.15, -0.1) is 0 Å². The average molecular weight is 522 g/mol. The maximum Gasteiger partial charge on any atom is 0.242 e. The van der Waals surface area contributed by atoms with Crippen LogP contribution in [0.2, 0.25) is 5.02 Å². The Morgan fingerprint density at radius 3 is 2.34 bits per heavy atom. The summed E-state index contributed by atoms with van der Waals surface area (Å²) in [5.41, 5.74) is 3.28. The number of halogens is 1. The highest BCUT2D eigenvalue weighted by Crippen LogP contribution is 2.27. The average Bonchev–Trinajstić information content (AvgIpc) is 2.79. The minimum atomic E-state index is -3.59. The van der Waals surface area contributed by atoms with Crippen LogP contribution in [0.3, 0.4) is 0 Å². The molecule has 0 saturated carbocycles. The Labute approximate surface area is 214 Å². The van der Waals surface area contributed by atoms with Crippen molar-refractivity contribution in [1.82, 2.24) is 10.2 Å². The molecule has 7 nitrogen and oxygen atoms in total. The van der Waals surface area contributed by atoms with Gasteiger partial charge < -0.3 is 10.2 Å². The molecule has 0 aliphatic carbocycles. The van der Waals surface area contributed by atoms with E-state index in [-0.39, 0.29) is 24.8 Å². The SMILES string of the molecule is CCNC(=O)[C@@H](CC)N(Cc1ccccc1C)C(=O)CCCN(c1cc(Cl)ccc1C)S(C)(=O)=O. The van der Waals surface area contributed by atoms with Crippen molar-refractivity contribution in [3.05, 3.63) is 64.2 Å². The second-order valence-electron chi connectivity index (χ2n) is 8.64. The lowest BCUT2D eigenvalue weighted by atomic mass is 10.1. The van der Waals surface area contributed by atoms with Gasteiger partial charge in [-0.2, -0.15) is 0 Å². The zero-order valence-corrected chi connectivity index (χ0v) is 22.7. The maximum atomic E-state index is 13.4. The number of hydrogen-bond acceptors (Lipinski definition) is 4. The lowest BCUT2D eigenvalue weighted by molar-refractivity contribution is -0.141. The minimum absolute atomic E-state index is 0.105. The van der Waals surface area contributed by atoms with Crippen LogP contribution >= 0.6 is 11.6 Å². The molecule has 0 saturated heterocycles. The summed E-state index contributed by atoms with van der Waals surface area (Å²) in [6, 6.07) is 12.3. The number of aryl methyl sites for hydroxylation is 2. The van der Waals surface area contributed by atoms with Gasteiger partial charge in [0, 0.05) is 31.1 Å². The van der Waals surface area contributed by atoms with Crippen molar-refractivity contribution in [3.8, 4) is 0 Å². The van der Waals surface area contributed by atoms with E-state index in [1.165, 1.54) is 4.31 Å². The van der Waals surface area contributed by atoms with Gasteiger partial charge in [0.05, 0.1) is 11.9 Å². The topological polar surface area (TPSA) is 86.8 Å². The van der Waals surface area contributed by atoms with Crippen LogP contribution in [0, 0.1) is 13.8 Å². The summed E-state index contributed by atoms with van der Waals surface area (Å²) < 4.78 is 26.4. The van der Waals surface area contributed by atoms with Crippen LogP contribution < -0.4 is 9.62 Å². The van der Waals surface area contributed by atoms with Crippen molar-refractivity contribution in [2.24, 2.45) is 0 Å². The number of amides is 2. The van der Waals surface area contributed by atoms with Gasteiger partial charge in [0.2, 0.25) is 21.8 Å². The van der Waals surface area contributed by atoms with Crippen molar-refractivity contribution in [2.75, 3.05) is 23.7 Å². The summed E-state index contributed by atoms with van der Waals surface area (Å²) in [5.74, 6) is -0.383. The third kappa shape index (κ3) is 7.97. The van der Waals surface area contributed by atoms with E-state index in [1.54, 1.807) is 23.1 Å². The number of rotatable bonds is 12. The second-order valence-corrected chi connectivity index (χ2v) is 11.0. The molecule has 35 heavy (non-hydrogen) atoms. The highest BCUT2D eigenvalue weighted by molar-refractivity contribution is 7.92. The molecule has 0 heterocycles. The molecule has 2 rings (SSSR count). The van der Waals surface area contributed by atoms with Crippen molar-refractivity contribution >= 4 is 39.1 Å². The molecule has 9 heteroatoms. The van der Waals surface area contributed by atoms with Gasteiger partial charge in [0.25, 0.3) is 0 Å². The smallest absolute Gasteiger partial charge is 0.242 e. The Morgan fingerprint density at radius 2 is 1.74 bits per heavy atom. The Hall–Kier alpha value is -2.58. The molecule has 0 spiro atoms. The fourth-order valence-corrected chi connectivity index (χ4v) is 5.20. The van der Waals surface area contributed by atoms with Crippen LogP contribution in [0.4, 0.5) is 5.69 Å². The van der Waals surface area contributed by atoms with E-state index < -0.39 is 16.1 Å². The standard InChI is InChI=1S/C26H36ClN3O4S/c1-6-23(26(32)28-7-2)29(18-21-12-9-8-11-19(21)3)25(31)13-10-16-30(35(5,33)34)24-17-22(27)15-14-20(24)4/h8-9,11-12,14-15,17,23H,6-7,10,13,16,18H2,1-5H3,(H,28,32)/t23-/m1/s1. The summed E-state index contributed by atoms with van der Waals surface area (Å²) in [4.78, 5) is 27.8. The van der Waals surface area contributed by atoms with Crippen molar-refractivity contribution in [3.63, 3.8) is 0 Å². The fraction of sp³-hybridized carbons (Fsp3) is 0.462. The van der Waals surface area contributed by atoms with Gasteiger partial charge in [-0.05, 0) is 62.4 Å². The second kappa shape index (κ2) is 12.9. The number of carbonyl (C=O) groups is 2. The van der Waals surface area contributed by atoms with E-state index in [2.05, 4.69) is 5.32 Å². The number of sulfonamides is 1. The van der Waals surface area contributed by atoms with Crippen LogP contribution in [0.15, 0.2) is 42.5 Å². The third-order valence-corrected chi connectivity index (χ3v) is 7.35. The van der Waals surface area contributed by atoms with E-state index in [4.69, 9.17) is 11.6 Å². The normalized spacial score (nSPS) is 12.2. The fourth-order valence-electron chi connectivity index (χ4n) is 4.02. The lowest BCUT2D eigenvalue weighted by Gasteiger charge is -2.31. The monoisotopic (exact) mass is 521 g/mol. The first-order chi connectivity index (χ1) is 16.5. The van der Waals surface area contributed by atoms with Crippen molar-refractivity contribution in [2.45, 2.75) is 59.5 Å². The molecule has 2 aromatic carbocycles. The Morgan fingerprint density at radius 1 is 1.06 bits per heavy atom. The summed E-state index contributed by atoms with van der Waals surface area (Å²) >= 11 is 6.11. The number of likely N-dealkylation sites (N-methyl/N-ethyl adjacent to an activating group) is 1. The van der Waals surface area contributed by atoms with Crippen LogP contribution in [0.25, 0.3) is 0 Å². The highest BCUT2D eigenvalue weighted by atomic mass is 35.5. The molecule has 2 aromatic rings. The van der Waals surface area contributed by atoms with Gasteiger partial charge in [-0.3, -0.25) is 13.9 Å². The van der Waals surface area contributed by atoms with E-state index in [0.29, 0.717) is 36.6 Å². The molecule has 0 unspecified atom stereocenters. The van der Waals surface area contributed by atoms with Gasteiger partial charge in [0.1, 0.15) is 6.04 Å². The van der Waals surface area contributed by atoms with Crippen LogP contribution in [-0.2, 0) is 26.2 Å². The van der Waals surface area contributed by atoms with E-state index >= 15 is 0 Å². The maximum absolute atomic E-state index is 13.4. The first kappa shape index (κ1) is 28.7. The van der Waals surface area contributed by atoms with Gasteiger partial charge in [0.15, 0.2) is 0 Å². The Bertz CT molecular complexity index is 1140. The van der Waals surface area contributed by atoms with Crippen LogP contribution in [-0.4, -0.2) is 50.5 Å². The number of nitrogens with one attached hydrogen (secondary N) is 1. The van der Waals surface area contributed by atoms with Gasteiger partial charge >= 0.3 is 0 Å². The first-order valence-corrected chi connectivity index (χ1v) is 14.1. The molecule has 0 fully saturated rings. The first-order valence-electron chi connectivity index (χ1n) is 11.8.